The molecule has 1 aliphatic heterocycles. The highest BCUT2D eigenvalue weighted by Gasteiger charge is 2.28. The van der Waals surface area contributed by atoms with Gasteiger partial charge in [-0.05, 0) is 44.7 Å². The number of likely N-dealkylation sites (tertiary alicyclic amines) is 1. The first-order valence-corrected chi connectivity index (χ1v) is 8.14. The molecule has 0 radical (unpaired) electrons. The summed E-state index contributed by atoms with van der Waals surface area (Å²) >= 11 is 0. The lowest BCUT2D eigenvalue weighted by molar-refractivity contribution is -0.137. The van der Waals surface area contributed by atoms with E-state index in [0.29, 0.717) is 11.8 Å². The first-order valence-electron chi connectivity index (χ1n) is 8.14. The lowest BCUT2D eigenvalue weighted by Crippen LogP contribution is -2.44. The number of nitrogens with zero attached hydrogens (tertiary/aromatic N) is 1. The van der Waals surface area contributed by atoms with Crippen molar-refractivity contribution in [3.63, 3.8) is 0 Å². The molecule has 110 valence electrons. The highest BCUT2D eigenvalue weighted by atomic mass is 16.2. The molecule has 3 heteroatoms. The van der Waals surface area contributed by atoms with Crippen molar-refractivity contribution >= 4 is 5.91 Å². The molecule has 2 unspecified atom stereocenters. The number of nitrogens with one attached hydrogen (secondary N) is 1. The highest BCUT2D eigenvalue weighted by molar-refractivity contribution is 5.78. The number of rotatable bonds is 5. The Balaban J connectivity index is 1.80. The molecule has 2 atom stereocenters. The Kier molecular flexibility index (Phi) is 5.68. The monoisotopic (exact) mass is 266 g/mol. The molecule has 1 saturated heterocycles. The summed E-state index contributed by atoms with van der Waals surface area (Å²) in [4.78, 5) is 14.7. The van der Waals surface area contributed by atoms with Crippen LogP contribution in [0, 0.1) is 17.8 Å². The first-order chi connectivity index (χ1) is 9.20. The van der Waals surface area contributed by atoms with E-state index in [4.69, 9.17) is 0 Å². The van der Waals surface area contributed by atoms with Gasteiger partial charge in [-0.15, -0.1) is 0 Å². The Morgan fingerprint density at radius 1 is 1.21 bits per heavy atom. The maximum Gasteiger partial charge on any atom is 0.225 e. The molecule has 2 rings (SSSR count). The maximum absolute atomic E-state index is 12.5. The Labute approximate surface area is 118 Å². The van der Waals surface area contributed by atoms with Crippen molar-refractivity contribution in [3.05, 3.63) is 0 Å². The molecule has 1 aliphatic carbocycles. The van der Waals surface area contributed by atoms with Crippen LogP contribution < -0.4 is 5.32 Å². The average Bonchev–Trinajstić information content (AvgIpc) is 2.91. The minimum Gasteiger partial charge on any atom is -0.342 e. The SMILES string of the molecule is CNCC1CCCN(C(=O)C(C)CC2CCCC2)C1. The molecule has 0 aromatic carbocycles. The van der Waals surface area contributed by atoms with Crippen molar-refractivity contribution in [2.45, 2.75) is 51.9 Å². The third-order valence-corrected chi connectivity index (χ3v) is 4.91. The van der Waals surface area contributed by atoms with E-state index in [9.17, 15) is 4.79 Å². The maximum atomic E-state index is 12.5. The van der Waals surface area contributed by atoms with Crippen LogP contribution in [0.15, 0.2) is 0 Å². The molecule has 1 heterocycles. The van der Waals surface area contributed by atoms with Crippen LogP contribution in [0.5, 0.6) is 0 Å². The average molecular weight is 266 g/mol. The molecule has 3 nitrogen and oxygen atoms in total. The standard InChI is InChI=1S/C16H30N2O/c1-13(10-14-6-3-4-7-14)16(19)18-9-5-8-15(12-18)11-17-2/h13-15,17H,3-12H2,1-2H3. The molecule has 0 bridgehead atoms. The van der Waals surface area contributed by atoms with Crippen LogP contribution in [0.4, 0.5) is 0 Å². The van der Waals surface area contributed by atoms with Crippen LogP contribution in [0.1, 0.15) is 51.9 Å². The molecule has 1 amide bonds. The minimum absolute atomic E-state index is 0.233. The molecule has 0 aromatic heterocycles. The van der Waals surface area contributed by atoms with E-state index < -0.39 is 0 Å². The molecule has 0 aromatic rings. The molecule has 1 saturated carbocycles. The first kappa shape index (κ1) is 14.8. The fourth-order valence-electron chi connectivity index (χ4n) is 3.88. The molecular weight excluding hydrogens is 236 g/mol. The Morgan fingerprint density at radius 2 is 1.89 bits per heavy atom. The third kappa shape index (κ3) is 4.20. The summed E-state index contributed by atoms with van der Waals surface area (Å²) in [5.74, 6) is 2.11. The van der Waals surface area contributed by atoms with E-state index in [-0.39, 0.29) is 5.92 Å². The van der Waals surface area contributed by atoms with Gasteiger partial charge in [-0.1, -0.05) is 32.6 Å². The summed E-state index contributed by atoms with van der Waals surface area (Å²) < 4.78 is 0. The van der Waals surface area contributed by atoms with Crippen molar-refractivity contribution in [1.29, 1.82) is 0 Å². The van der Waals surface area contributed by atoms with Gasteiger partial charge in [0.2, 0.25) is 5.91 Å². The number of piperidine rings is 1. The van der Waals surface area contributed by atoms with Gasteiger partial charge in [0.05, 0.1) is 0 Å². The van der Waals surface area contributed by atoms with Crippen LogP contribution >= 0.6 is 0 Å². The molecule has 19 heavy (non-hydrogen) atoms. The van der Waals surface area contributed by atoms with Gasteiger partial charge in [-0.3, -0.25) is 4.79 Å². The van der Waals surface area contributed by atoms with E-state index in [2.05, 4.69) is 17.1 Å². The zero-order valence-electron chi connectivity index (χ0n) is 12.7. The van der Waals surface area contributed by atoms with Gasteiger partial charge >= 0.3 is 0 Å². The van der Waals surface area contributed by atoms with Crippen LogP contribution in [0.2, 0.25) is 0 Å². The van der Waals surface area contributed by atoms with Gasteiger partial charge in [0, 0.05) is 19.0 Å². The van der Waals surface area contributed by atoms with Crippen molar-refractivity contribution < 1.29 is 4.79 Å². The van der Waals surface area contributed by atoms with Crippen molar-refractivity contribution in [3.8, 4) is 0 Å². The molecule has 2 fully saturated rings. The van der Waals surface area contributed by atoms with E-state index >= 15 is 0 Å². The van der Waals surface area contributed by atoms with Crippen LogP contribution in [0.25, 0.3) is 0 Å². The zero-order valence-corrected chi connectivity index (χ0v) is 12.7. The van der Waals surface area contributed by atoms with Gasteiger partial charge < -0.3 is 10.2 Å². The van der Waals surface area contributed by atoms with Crippen molar-refractivity contribution in [1.82, 2.24) is 10.2 Å². The van der Waals surface area contributed by atoms with Crippen molar-refractivity contribution in [2.24, 2.45) is 17.8 Å². The summed E-state index contributed by atoms with van der Waals surface area (Å²) in [7, 11) is 2.00. The van der Waals surface area contributed by atoms with Crippen molar-refractivity contribution in [2.75, 3.05) is 26.7 Å². The quantitative estimate of drug-likeness (QED) is 0.829. The smallest absolute Gasteiger partial charge is 0.225 e. The topological polar surface area (TPSA) is 32.3 Å². The summed E-state index contributed by atoms with van der Waals surface area (Å²) in [6, 6.07) is 0. The highest BCUT2D eigenvalue weighted by Crippen LogP contribution is 2.31. The predicted molar refractivity (Wildman–Crippen MR) is 79.0 cm³/mol. The van der Waals surface area contributed by atoms with E-state index in [1.807, 2.05) is 7.05 Å². The summed E-state index contributed by atoms with van der Waals surface area (Å²) in [5.41, 5.74) is 0. The van der Waals surface area contributed by atoms with Gasteiger partial charge in [-0.2, -0.15) is 0 Å². The zero-order chi connectivity index (χ0) is 13.7. The number of carbonyl (C=O) groups excluding carboxylic acids is 1. The summed E-state index contributed by atoms with van der Waals surface area (Å²) in [6.07, 6.45) is 9.00. The second-order valence-electron chi connectivity index (χ2n) is 6.64. The number of amides is 1. The summed E-state index contributed by atoms with van der Waals surface area (Å²) in [5, 5.41) is 3.25. The summed E-state index contributed by atoms with van der Waals surface area (Å²) in [6.45, 7) is 5.13. The van der Waals surface area contributed by atoms with Crippen LogP contribution in [-0.4, -0.2) is 37.5 Å². The van der Waals surface area contributed by atoms with E-state index in [0.717, 1.165) is 32.0 Å². The predicted octanol–water partition coefficient (Wildman–Crippen LogP) is 2.66. The molecular formula is C16H30N2O. The largest absolute Gasteiger partial charge is 0.342 e. The van der Waals surface area contributed by atoms with Crippen LogP contribution in [-0.2, 0) is 4.79 Å². The molecule has 0 spiro atoms. The van der Waals surface area contributed by atoms with Gasteiger partial charge in [-0.25, -0.2) is 0 Å². The molecule has 2 aliphatic rings. The number of hydrogen-bond acceptors (Lipinski definition) is 2. The minimum atomic E-state index is 0.233. The normalized spacial score (nSPS) is 26.6. The fourth-order valence-corrected chi connectivity index (χ4v) is 3.88. The van der Waals surface area contributed by atoms with Gasteiger partial charge in [0.15, 0.2) is 0 Å². The van der Waals surface area contributed by atoms with E-state index in [1.54, 1.807) is 0 Å². The Hall–Kier alpha value is -0.570. The second-order valence-corrected chi connectivity index (χ2v) is 6.64. The van der Waals surface area contributed by atoms with Crippen LogP contribution in [0.3, 0.4) is 0 Å². The number of carbonyl (C=O) groups is 1. The second kappa shape index (κ2) is 7.28. The van der Waals surface area contributed by atoms with Gasteiger partial charge in [0.1, 0.15) is 0 Å². The Bertz CT molecular complexity index is 284. The lowest BCUT2D eigenvalue weighted by Gasteiger charge is -2.34. The third-order valence-electron chi connectivity index (χ3n) is 4.91. The van der Waals surface area contributed by atoms with Gasteiger partial charge in [0.25, 0.3) is 0 Å². The molecule has 1 N–H and O–H groups in total. The lowest BCUT2D eigenvalue weighted by atomic mass is 9.91. The Morgan fingerprint density at radius 3 is 2.58 bits per heavy atom. The van der Waals surface area contributed by atoms with E-state index in [1.165, 1.54) is 38.5 Å². The number of hydrogen-bond donors (Lipinski definition) is 1. The fraction of sp³-hybridized carbons (Fsp3) is 0.938.